The highest BCUT2D eigenvalue weighted by atomic mass is 16.4. The van der Waals surface area contributed by atoms with Crippen LogP contribution in [0.15, 0.2) is 54.6 Å². The zero-order chi connectivity index (χ0) is 23.6. The van der Waals surface area contributed by atoms with Gasteiger partial charge in [-0.15, -0.1) is 0 Å². The standard InChI is InChI=1S/C28H36N2O3/c1-27(2,3)23-15-17-28(18-16-23)29-24(14-11-20-7-5-4-6-8-20)25(31)30(28)19-21-9-12-22(13-10-21)26(32)33/h4-10,12-13,23-24,29H,11,14-19H2,1-3H3,(H,32,33). The Morgan fingerprint density at radius 3 is 2.24 bits per heavy atom. The quantitative estimate of drug-likeness (QED) is 0.633. The molecule has 1 amide bonds. The van der Waals surface area contributed by atoms with Gasteiger partial charge in [-0.2, -0.15) is 0 Å². The minimum atomic E-state index is -0.932. The number of carbonyl (C=O) groups is 2. The van der Waals surface area contributed by atoms with Gasteiger partial charge in [0.05, 0.1) is 17.3 Å². The summed E-state index contributed by atoms with van der Waals surface area (Å²) in [4.78, 5) is 26.9. The second kappa shape index (κ2) is 9.30. The third-order valence-corrected chi connectivity index (χ3v) is 7.67. The van der Waals surface area contributed by atoms with E-state index >= 15 is 0 Å². The summed E-state index contributed by atoms with van der Waals surface area (Å²) in [7, 11) is 0. The van der Waals surface area contributed by atoms with Crippen LogP contribution >= 0.6 is 0 Å². The molecule has 1 spiro atoms. The van der Waals surface area contributed by atoms with E-state index in [9.17, 15) is 14.7 Å². The van der Waals surface area contributed by atoms with Crippen molar-refractivity contribution in [1.29, 1.82) is 0 Å². The van der Waals surface area contributed by atoms with Gasteiger partial charge in [-0.3, -0.25) is 10.1 Å². The molecule has 2 aromatic carbocycles. The SMILES string of the molecule is CC(C)(C)C1CCC2(CC1)NC(CCc1ccccc1)C(=O)N2Cc1ccc(C(=O)O)cc1. The smallest absolute Gasteiger partial charge is 0.335 e. The number of hydrogen-bond donors (Lipinski definition) is 2. The molecule has 2 aliphatic rings. The van der Waals surface area contributed by atoms with E-state index in [-0.39, 0.29) is 28.6 Å². The summed E-state index contributed by atoms with van der Waals surface area (Å²) in [6.45, 7) is 7.45. The Morgan fingerprint density at radius 1 is 1.03 bits per heavy atom. The van der Waals surface area contributed by atoms with Crippen LogP contribution in [0.2, 0.25) is 0 Å². The van der Waals surface area contributed by atoms with Gasteiger partial charge in [-0.05, 0) is 73.1 Å². The van der Waals surface area contributed by atoms with E-state index in [0.29, 0.717) is 12.5 Å². The molecule has 0 radical (unpaired) electrons. The lowest BCUT2D eigenvalue weighted by atomic mass is 9.69. The fraction of sp³-hybridized carbons (Fsp3) is 0.500. The molecule has 1 saturated carbocycles. The van der Waals surface area contributed by atoms with Crippen LogP contribution in [0.1, 0.15) is 74.4 Å². The van der Waals surface area contributed by atoms with Gasteiger partial charge < -0.3 is 10.0 Å². The fourth-order valence-electron chi connectivity index (χ4n) is 5.55. The van der Waals surface area contributed by atoms with Crippen molar-refractivity contribution >= 4 is 11.9 Å². The Hall–Kier alpha value is -2.66. The summed E-state index contributed by atoms with van der Waals surface area (Å²) in [5.41, 5.74) is 2.45. The Morgan fingerprint density at radius 2 is 1.67 bits per heavy atom. The minimum Gasteiger partial charge on any atom is -0.478 e. The number of rotatable bonds is 6. The predicted molar refractivity (Wildman–Crippen MR) is 130 cm³/mol. The van der Waals surface area contributed by atoms with E-state index in [0.717, 1.165) is 44.1 Å². The third kappa shape index (κ3) is 5.14. The van der Waals surface area contributed by atoms with Crippen LogP contribution in [0.4, 0.5) is 0 Å². The highest BCUT2D eigenvalue weighted by Gasteiger charge is 2.52. The number of benzene rings is 2. The monoisotopic (exact) mass is 448 g/mol. The number of aryl methyl sites for hydroxylation is 1. The Kier molecular flexibility index (Phi) is 6.62. The first kappa shape index (κ1) is 23.5. The molecule has 1 unspecified atom stereocenters. The number of amides is 1. The van der Waals surface area contributed by atoms with Gasteiger partial charge in [-0.25, -0.2) is 4.79 Å². The fourth-order valence-corrected chi connectivity index (χ4v) is 5.55. The van der Waals surface area contributed by atoms with E-state index in [4.69, 9.17) is 0 Å². The zero-order valence-corrected chi connectivity index (χ0v) is 20.0. The lowest BCUT2D eigenvalue weighted by Crippen LogP contribution is -2.55. The van der Waals surface area contributed by atoms with Crippen LogP contribution in [0.3, 0.4) is 0 Å². The molecule has 1 saturated heterocycles. The van der Waals surface area contributed by atoms with Crippen molar-refractivity contribution in [2.45, 2.75) is 77.5 Å². The number of carbonyl (C=O) groups excluding carboxylic acids is 1. The normalized spacial score (nSPS) is 25.5. The highest BCUT2D eigenvalue weighted by molar-refractivity contribution is 5.87. The van der Waals surface area contributed by atoms with Crippen molar-refractivity contribution in [2.75, 3.05) is 0 Å². The first-order valence-electron chi connectivity index (χ1n) is 12.1. The molecule has 33 heavy (non-hydrogen) atoms. The van der Waals surface area contributed by atoms with Crippen LogP contribution in [0.5, 0.6) is 0 Å². The van der Waals surface area contributed by atoms with E-state index in [1.54, 1.807) is 12.1 Å². The van der Waals surface area contributed by atoms with E-state index in [2.05, 4.69) is 43.1 Å². The molecule has 0 aromatic heterocycles. The van der Waals surface area contributed by atoms with Gasteiger partial charge in [0.15, 0.2) is 0 Å². The second-order valence-electron chi connectivity index (χ2n) is 10.8. The Bertz CT molecular complexity index is 970. The first-order valence-corrected chi connectivity index (χ1v) is 12.1. The second-order valence-corrected chi connectivity index (χ2v) is 10.8. The molecule has 0 bridgehead atoms. The summed E-state index contributed by atoms with van der Waals surface area (Å²) >= 11 is 0. The molecule has 176 valence electrons. The van der Waals surface area contributed by atoms with Gasteiger partial charge in [0.1, 0.15) is 0 Å². The summed E-state index contributed by atoms with van der Waals surface area (Å²) in [6, 6.07) is 17.1. The zero-order valence-electron chi connectivity index (χ0n) is 20.0. The van der Waals surface area contributed by atoms with Crippen molar-refractivity contribution in [3.63, 3.8) is 0 Å². The lowest BCUT2D eigenvalue weighted by molar-refractivity contribution is -0.134. The Labute approximate surface area is 197 Å². The van der Waals surface area contributed by atoms with Crippen LogP contribution in [0.25, 0.3) is 0 Å². The number of carboxylic acid groups (broad SMARTS) is 1. The van der Waals surface area contributed by atoms with E-state index in [1.807, 2.05) is 30.3 Å². The molecule has 5 nitrogen and oxygen atoms in total. The van der Waals surface area contributed by atoms with Crippen molar-refractivity contribution in [2.24, 2.45) is 11.3 Å². The van der Waals surface area contributed by atoms with Crippen LogP contribution in [-0.4, -0.2) is 33.6 Å². The number of carboxylic acids is 1. The van der Waals surface area contributed by atoms with E-state index < -0.39 is 5.97 Å². The number of nitrogens with zero attached hydrogens (tertiary/aromatic N) is 1. The summed E-state index contributed by atoms with van der Waals surface area (Å²) < 4.78 is 0. The molecule has 1 heterocycles. The van der Waals surface area contributed by atoms with Gasteiger partial charge in [0.25, 0.3) is 0 Å². The average Bonchev–Trinajstić information content (AvgIpc) is 3.04. The van der Waals surface area contributed by atoms with Gasteiger partial charge in [0, 0.05) is 6.54 Å². The van der Waals surface area contributed by atoms with Crippen LogP contribution < -0.4 is 5.32 Å². The number of nitrogens with one attached hydrogen (secondary N) is 1. The van der Waals surface area contributed by atoms with Crippen molar-refractivity contribution in [3.8, 4) is 0 Å². The molecule has 1 atom stereocenters. The average molecular weight is 449 g/mol. The highest BCUT2D eigenvalue weighted by Crippen LogP contribution is 2.45. The molecule has 2 N–H and O–H groups in total. The third-order valence-electron chi connectivity index (χ3n) is 7.67. The predicted octanol–water partition coefficient (Wildman–Crippen LogP) is 5.25. The van der Waals surface area contributed by atoms with Crippen LogP contribution in [0, 0.1) is 11.3 Å². The number of hydrogen-bond acceptors (Lipinski definition) is 3. The molecular weight excluding hydrogens is 412 g/mol. The summed E-state index contributed by atoms with van der Waals surface area (Å²) in [5, 5.41) is 13.0. The van der Waals surface area contributed by atoms with Gasteiger partial charge >= 0.3 is 5.97 Å². The van der Waals surface area contributed by atoms with Crippen molar-refractivity contribution in [3.05, 3.63) is 71.3 Å². The minimum absolute atomic E-state index is 0.169. The molecule has 5 heteroatoms. The molecular formula is C28H36N2O3. The van der Waals surface area contributed by atoms with Gasteiger partial charge in [0.2, 0.25) is 5.91 Å². The lowest BCUT2D eigenvalue weighted by Gasteiger charge is -2.46. The molecule has 2 aromatic rings. The van der Waals surface area contributed by atoms with Crippen molar-refractivity contribution < 1.29 is 14.7 Å². The van der Waals surface area contributed by atoms with Crippen LogP contribution in [-0.2, 0) is 17.8 Å². The Balaban J connectivity index is 1.53. The topological polar surface area (TPSA) is 69.6 Å². The van der Waals surface area contributed by atoms with E-state index in [1.165, 1.54) is 5.56 Å². The molecule has 4 rings (SSSR count). The first-order chi connectivity index (χ1) is 15.7. The van der Waals surface area contributed by atoms with Crippen molar-refractivity contribution in [1.82, 2.24) is 10.2 Å². The maximum Gasteiger partial charge on any atom is 0.335 e. The summed E-state index contributed by atoms with van der Waals surface area (Å²) in [6.07, 6.45) is 5.76. The maximum absolute atomic E-state index is 13.6. The number of aromatic carboxylic acids is 1. The molecule has 1 aliphatic carbocycles. The summed E-state index contributed by atoms with van der Waals surface area (Å²) in [5.74, 6) is -0.110. The molecule has 1 aliphatic heterocycles. The molecule has 2 fully saturated rings. The maximum atomic E-state index is 13.6. The largest absolute Gasteiger partial charge is 0.478 e. The van der Waals surface area contributed by atoms with Gasteiger partial charge in [-0.1, -0.05) is 63.2 Å².